The average Bonchev–Trinajstić information content (AvgIpc) is 2.26. The summed E-state index contributed by atoms with van der Waals surface area (Å²) in [7, 11) is 3.06. The highest BCUT2D eigenvalue weighted by Crippen LogP contribution is 2.24. The number of amides is 3. The molecular weight excluding hydrogens is 238 g/mol. The van der Waals surface area contributed by atoms with E-state index in [4.69, 9.17) is 5.11 Å². The van der Waals surface area contributed by atoms with Gasteiger partial charge in [0.2, 0.25) is 5.91 Å². The van der Waals surface area contributed by atoms with Crippen molar-refractivity contribution in [2.45, 2.75) is 6.92 Å². The first-order valence-corrected chi connectivity index (χ1v) is 5.80. The van der Waals surface area contributed by atoms with Gasteiger partial charge in [0, 0.05) is 33.1 Å². The van der Waals surface area contributed by atoms with E-state index >= 15 is 0 Å². The molecule has 102 valence electrons. The summed E-state index contributed by atoms with van der Waals surface area (Å²) < 4.78 is 0. The van der Waals surface area contributed by atoms with Gasteiger partial charge in [0.05, 0.1) is 5.92 Å². The number of nitrogens with zero attached hydrogens (tertiary/aromatic N) is 2. The lowest BCUT2D eigenvalue weighted by Crippen LogP contribution is -2.57. The zero-order valence-electron chi connectivity index (χ0n) is 10.8. The minimum absolute atomic E-state index is 0.000137. The van der Waals surface area contributed by atoms with Crippen molar-refractivity contribution in [1.29, 1.82) is 0 Å². The number of rotatable bonds is 4. The van der Waals surface area contributed by atoms with Crippen molar-refractivity contribution in [3.63, 3.8) is 0 Å². The number of aliphatic carboxylic acids is 1. The third-order valence-electron chi connectivity index (χ3n) is 3.26. The molecule has 0 aromatic rings. The van der Waals surface area contributed by atoms with Gasteiger partial charge >= 0.3 is 12.0 Å². The van der Waals surface area contributed by atoms with Gasteiger partial charge in [-0.3, -0.25) is 9.59 Å². The highest BCUT2D eigenvalue weighted by molar-refractivity contribution is 5.84. The normalized spacial score (nSPS) is 16.7. The van der Waals surface area contributed by atoms with Crippen molar-refractivity contribution >= 4 is 17.9 Å². The molecule has 3 amide bonds. The summed E-state index contributed by atoms with van der Waals surface area (Å²) in [5, 5.41) is 11.3. The van der Waals surface area contributed by atoms with Crippen LogP contribution in [0.1, 0.15) is 6.92 Å². The van der Waals surface area contributed by atoms with E-state index in [2.05, 4.69) is 5.32 Å². The molecule has 0 aromatic carbocycles. The largest absolute Gasteiger partial charge is 0.481 e. The van der Waals surface area contributed by atoms with Crippen LogP contribution < -0.4 is 5.32 Å². The summed E-state index contributed by atoms with van der Waals surface area (Å²) in [6.45, 7) is 2.52. The molecule has 1 fully saturated rings. The fourth-order valence-electron chi connectivity index (χ4n) is 1.79. The van der Waals surface area contributed by atoms with Gasteiger partial charge in [-0.1, -0.05) is 6.92 Å². The summed E-state index contributed by atoms with van der Waals surface area (Å²) in [5.74, 6) is -1.52. The molecule has 1 heterocycles. The Hall–Kier alpha value is -1.79. The van der Waals surface area contributed by atoms with Gasteiger partial charge in [-0.2, -0.15) is 0 Å². The van der Waals surface area contributed by atoms with Gasteiger partial charge in [-0.25, -0.2) is 4.79 Å². The number of likely N-dealkylation sites (tertiary alicyclic amines) is 1. The summed E-state index contributed by atoms with van der Waals surface area (Å²) >= 11 is 0. The third kappa shape index (κ3) is 3.12. The molecule has 1 aliphatic rings. The molecule has 1 aliphatic heterocycles. The highest BCUT2D eigenvalue weighted by Gasteiger charge is 2.38. The van der Waals surface area contributed by atoms with Gasteiger partial charge in [0.1, 0.15) is 6.54 Å². The van der Waals surface area contributed by atoms with Crippen LogP contribution in [-0.4, -0.2) is 66.5 Å². The lowest BCUT2D eigenvalue weighted by molar-refractivity contribution is -0.144. The lowest BCUT2D eigenvalue weighted by atomic mass is 9.87. The molecule has 0 radical (unpaired) electrons. The van der Waals surface area contributed by atoms with Gasteiger partial charge in [-0.15, -0.1) is 0 Å². The van der Waals surface area contributed by atoms with Crippen molar-refractivity contribution in [1.82, 2.24) is 15.1 Å². The van der Waals surface area contributed by atoms with Crippen LogP contribution in [0, 0.1) is 11.8 Å². The zero-order chi connectivity index (χ0) is 13.9. The molecule has 0 spiro atoms. The number of hydrogen-bond acceptors (Lipinski definition) is 3. The first-order chi connectivity index (χ1) is 8.36. The fourth-order valence-corrected chi connectivity index (χ4v) is 1.79. The van der Waals surface area contributed by atoms with Crippen LogP contribution in [0.25, 0.3) is 0 Å². The van der Waals surface area contributed by atoms with Crippen LogP contribution in [0.15, 0.2) is 0 Å². The van der Waals surface area contributed by atoms with E-state index in [1.807, 2.05) is 0 Å². The second-order valence-corrected chi connectivity index (χ2v) is 4.60. The molecule has 7 nitrogen and oxygen atoms in total. The van der Waals surface area contributed by atoms with E-state index < -0.39 is 11.9 Å². The van der Waals surface area contributed by atoms with Gasteiger partial charge in [-0.05, 0) is 0 Å². The molecular formula is C11H19N3O4. The predicted octanol–water partition coefficient (Wildman–Crippen LogP) is -0.563. The summed E-state index contributed by atoms with van der Waals surface area (Å²) in [6, 6.07) is -0.243. The van der Waals surface area contributed by atoms with Crippen LogP contribution in [0.4, 0.5) is 4.79 Å². The molecule has 0 bridgehead atoms. The number of carbonyl (C=O) groups excluding carboxylic acids is 2. The van der Waals surface area contributed by atoms with Crippen LogP contribution in [0.3, 0.4) is 0 Å². The molecule has 0 aliphatic carbocycles. The van der Waals surface area contributed by atoms with E-state index in [1.165, 1.54) is 11.9 Å². The Morgan fingerprint density at radius 1 is 1.44 bits per heavy atom. The van der Waals surface area contributed by atoms with E-state index in [-0.39, 0.29) is 24.4 Å². The van der Waals surface area contributed by atoms with Crippen molar-refractivity contribution in [2.75, 3.05) is 33.7 Å². The minimum atomic E-state index is -0.842. The Kier molecular flexibility index (Phi) is 4.52. The van der Waals surface area contributed by atoms with E-state index in [0.717, 1.165) is 0 Å². The molecule has 2 N–H and O–H groups in total. The van der Waals surface area contributed by atoms with Crippen LogP contribution >= 0.6 is 0 Å². The molecule has 1 saturated heterocycles. The number of nitrogens with one attached hydrogen (secondary N) is 1. The Morgan fingerprint density at radius 2 is 2.00 bits per heavy atom. The second kappa shape index (κ2) is 5.70. The van der Waals surface area contributed by atoms with Gasteiger partial charge in [0.15, 0.2) is 0 Å². The molecule has 1 atom stereocenters. The van der Waals surface area contributed by atoms with Crippen molar-refractivity contribution < 1.29 is 19.5 Å². The van der Waals surface area contributed by atoms with Crippen LogP contribution in [0.5, 0.6) is 0 Å². The monoisotopic (exact) mass is 257 g/mol. The molecule has 18 heavy (non-hydrogen) atoms. The Labute approximate surface area is 106 Å². The summed E-state index contributed by atoms with van der Waals surface area (Å²) in [5.41, 5.74) is 0. The second-order valence-electron chi connectivity index (χ2n) is 4.60. The first kappa shape index (κ1) is 14.3. The SMILES string of the molecule is CNC(=O)CN(C)C(=O)N1CC(C(C)C(=O)O)C1. The van der Waals surface area contributed by atoms with E-state index in [0.29, 0.717) is 13.1 Å². The average molecular weight is 257 g/mol. The van der Waals surface area contributed by atoms with Crippen molar-refractivity contribution in [3.05, 3.63) is 0 Å². The number of urea groups is 1. The van der Waals surface area contributed by atoms with Gasteiger partial charge < -0.3 is 20.2 Å². The fraction of sp³-hybridized carbons (Fsp3) is 0.727. The number of carbonyl (C=O) groups is 3. The lowest BCUT2D eigenvalue weighted by Gasteiger charge is -2.42. The minimum Gasteiger partial charge on any atom is -0.481 e. The Balaban J connectivity index is 2.39. The van der Waals surface area contributed by atoms with Crippen molar-refractivity contribution in [3.8, 4) is 0 Å². The number of hydrogen-bond donors (Lipinski definition) is 2. The molecule has 1 rings (SSSR count). The highest BCUT2D eigenvalue weighted by atomic mass is 16.4. The Morgan fingerprint density at radius 3 is 2.44 bits per heavy atom. The zero-order valence-corrected chi connectivity index (χ0v) is 10.8. The number of carboxylic acids is 1. The summed E-state index contributed by atoms with van der Waals surface area (Å²) in [6.07, 6.45) is 0. The quantitative estimate of drug-likeness (QED) is 0.706. The van der Waals surface area contributed by atoms with E-state index in [1.54, 1.807) is 18.9 Å². The molecule has 1 unspecified atom stereocenters. The smallest absolute Gasteiger partial charge is 0.320 e. The standard InChI is InChI=1S/C11H19N3O4/c1-7(10(16)17)8-4-14(5-8)11(18)13(3)6-9(15)12-2/h7-8H,4-6H2,1-3H3,(H,12,15)(H,16,17). The van der Waals surface area contributed by atoms with Crippen LogP contribution in [0.2, 0.25) is 0 Å². The third-order valence-corrected chi connectivity index (χ3v) is 3.26. The predicted molar refractivity (Wildman–Crippen MR) is 64.0 cm³/mol. The maximum atomic E-state index is 11.8. The maximum Gasteiger partial charge on any atom is 0.320 e. The topological polar surface area (TPSA) is 90.0 Å². The molecule has 0 aromatic heterocycles. The number of likely N-dealkylation sites (N-methyl/N-ethyl adjacent to an activating group) is 2. The van der Waals surface area contributed by atoms with E-state index in [9.17, 15) is 14.4 Å². The number of carboxylic acid groups (broad SMARTS) is 1. The molecule has 0 saturated carbocycles. The van der Waals surface area contributed by atoms with Gasteiger partial charge in [0.25, 0.3) is 0 Å². The van der Waals surface area contributed by atoms with Crippen LogP contribution in [-0.2, 0) is 9.59 Å². The first-order valence-electron chi connectivity index (χ1n) is 5.80. The van der Waals surface area contributed by atoms with Crippen molar-refractivity contribution in [2.24, 2.45) is 11.8 Å². The summed E-state index contributed by atoms with van der Waals surface area (Å²) in [4.78, 5) is 36.6. The Bertz CT molecular complexity index is 352. The maximum absolute atomic E-state index is 11.8. The molecule has 7 heteroatoms.